The van der Waals surface area contributed by atoms with Crippen molar-refractivity contribution in [3.63, 3.8) is 0 Å². The summed E-state index contributed by atoms with van der Waals surface area (Å²) in [6.45, 7) is 1.83. The number of halogens is 2. The Morgan fingerprint density at radius 1 is 1.44 bits per heavy atom. The van der Waals surface area contributed by atoms with Crippen molar-refractivity contribution < 1.29 is 4.79 Å². The lowest BCUT2D eigenvalue weighted by atomic mass is 9.69. The first-order chi connectivity index (χ1) is 8.50. The Morgan fingerprint density at radius 3 is 2.61 bits per heavy atom. The number of hydrogen-bond donors (Lipinski definition) is 1. The zero-order valence-corrected chi connectivity index (χ0v) is 11.4. The Labute approximate surface area is 116 Å². The summed E-state index contributed by atoms with van der Waals surface area (Å²) in [4.78, 5) is 12.1. The summed E-state index contributed by atoms with van der Waals surface area (Å²) in [6.07, 6.45) is 2.09. The van der Waals surface area contributed by atoms with Gasteiger partial charge in [-0.25, -0.2) is 0 Å². The van der Waals surface area contributed by atoms with Gasteiger partial charge < -0.3 is 5.32 Å². The average molecular weight is 283 g/mol. The lowest BCUT2D eigenvalue weighted by Crippen LogP contribution is -2.40. The number of benzene rings is 1. The third kappa shape index (κ3) is 2.07. The third-order valence-corrected chi connectivity index (χ3v) is 4.18. The highest BCUT2D eigenvalue weighted by Gasteiger charge is 2.44. The van der Waals surface area contributed by atoms with Crippen molar-refractivity contribution in [1.29, 1.82) is 5.26 Å². The molecule has 1 aromatic carbocycles. The van der Waals surface area contributed by atoms with Crippen LogP contribution in [0, 0.1) is 23.7 Å². The number of aryl methyl sites for hydroxylation is 1. The van der Waals surface area contributed by atoms with Crippen molar-refractivity contribution in [3.05, 3.63) is 27.7 Å². The van der Waals surface area contributed by atoms with E-state index in [0.717, 1.165) is 12.0 Å². The fourth-order valence-electron chi connectivity index (χ4n) is 1.92. The van der Waals surface area contributed by atoms with Crippen LogP contribution in [0.15, 0.2) is 12.1 Å². The highest BCUT2D eigenvalue weighted by atomic mass is 35.5. The first-order valence-corrected chi connectivity index (χ1v) is 6.43. The molecule has 2 rings (SSSR count). The van der Waals surface area contributed by atoms with Gasteiger partial charge in [0.15, 0.2) is 0 Å². The number of amides is 1. The summed E-state index contributed by atoms with van der Waals surface area (Å²) in [5, 5.41) is 12.6. The van der Waals surface area contributed by atoms with E-state index in [1.807, 2.05) is 6.92 Å². The monoisotopic (exact) mass is 282 g/mol. The number of nitrogens with zero attached hydrogens (tertiary/aromatic N) is 1. The molecule has 1 amide bonds. The van der Waals surface area contributed by atoms with Gasteiger partial charge >= 0.3 is 0 Å². The van der Waals surface area contributed by atoms with Crippen molar-refractivity contribution in [1.82, 2.24) is 0 Å². The molecule has 0 radical (unpaired) electrons. The molecule has 0 aliphatic heterocycles. The predicted molar refractivity (Wildman–Crippen MR) is 71.7 cm³/mol. The third-order valence-electron chi connectivity index (χ3n) is 3.38. The molecule has 0 heterocycles. The van der Waals surface area contributed by atoms with Gasteiger partial charge in [-0.05, 0) is 37.8 Å². The van der Waals surface area contributed by atoms with Crippen LogP contribution in [0.5, 0.6) is 0 Å². The van der Waals surface area contributed by atoms with Crippen molar-refractivity contribution in [2.45, 2.75) is 26.2 Å². The molecule has 1 fully saturated rings. The largest absolute Gasteiger partial charge is 0.322 e. The number of nitriles is 1. The minimum atomic E-state index is -0.906. The summed E-state index contributed by atoms with van der Waals surface area (Å²) < 4.78 is 0. The maximum absolute atomic E-state index is 12.1. The molecule has 1 aliphatic rings. The molecular weight excluding hydrogens is 271 g/mol. The van der Waals surface area contributed by atoms with E-state index in [2.05, 4.69) is 11.4 Å². The van der Waals surface area contributed by atoms with Gasteiger partial charge in [0.05, 0.1) is 21.8 Å². The second-order valence-corrected chi connectivity index (χ2v) is 5.34. The van der Waals surface area contributed by atoms with Gasteiger partial charge in [0.1, 0.15) is 5.41 Å². The van der Waals surface area contributed by atoms with E-state index in [1.54, 1.807) is 12.1 Å². The van der Waals surface area contributed by atoms with Gasteiger partial charge in [0.2, 0.25) is 5.91 Å². The predicted octanol–water partition coefficient (Wildman–Crippen LogP) is 3.93. The summed E-state index contributed by atoms with van der Waals surface area (Å²) in [5.74, 6) is -0.314. The van der Waals surface area contributed by atoms with E-state index < -0.39 is 5.41 Å². The first-order valence-electron chi connectivity index (χ1n) is 5.67. The highest BCUT2D eigenvalue weighted by Crippen LogP contribution is 2.42. The minimum Gasteiger partial charge on any atom is -0.322 e. The molecule has 94 valence electrons. The lowest BCUT2D eigenvalue weighted by molar-refractivity contribution is -0.126. The second-order valence-electron chi connectivity index (χ2n) is 4.55. The Balaban J connectivity index is 2.28. The SMILES string of the molecule is Cc1ccc(Cl)c(NC(=O)C2(C#N)CCC2)c1Cl. The fraction of sp³-hybridized carbons (Fsp3) is 0.385. The van der Waals surface area contributed by atoms with Crippen LogP contribution in [-0.4, -0.2) is 5.91 Å². The minimum absolute atomic E-state index is 0.314. The number of carbonyl (C=O) groups is 1. The van der Waals surface area contributed by atoms with Gasteiger partial charge in [0, 0.05) is 0 Å². The van der Waals surface area contributed by atoms with Gasteiger partial charge in [0.25, 0.3) is 0 Å². The zero-order chi connectivity index (χ0) is 13.3. The maximum atomic E-state index is 12.1. The van der Waals surface area contributed by atoms with Crippen LogP contribution >= 0.6 is 23.2 Å². The van der Waals surface area contributed by atoms with Crippen LogP contribution in [0.3, 0.4) is 0 Å². The summed E-state index contributed by atoms with van der Waals surface area (Å²) >= 11 is 12.1. The molecule has 0 bridgehead atoms. The Morgan fingerprint density at radius 2 is 2.11 bits per heavy atom. The molecular formula is C13H12Cl2N2O. The molecule has 1 N–H and O–H groups in total. The van der Waals surface area contributed by atoms with E-state index in [1.165, 1.54) is 0 Å². The molecule has 0 spiro atoms. The molecule has 0 aromatic heterocycles. The number of rotatable bonds is 2. The van der Waals surface area contributed by atoms with E-state index in [-0.39, 0.29) is 5.91 Å². The molecule has 1 saturated carbocycles. The molecule has 5 heteroatoms. The van der Waals surface area contributed by atoms with Crippen LogP contribution in [0.25, 0.3) is 0 Å². The summed E-state index contributed by atoms with van der Waals surface area (Å²) in [6, 6.07) is 5.55. The molecule has 3 nitrogen and oxygen atoms in total. The average Bonchev–Trinajstić information content (AvgIpc) is 2.29. The van der Waals surface area contributed by atoms with Gasteiger partial charge in [-0.3, -0.25) is 4.79 Å². The Hall–Kier alpha value is -1.24. The van der Waals surface area contributed by atoms with Gasteiger partial charge in [-0.15, -0.1) is 0 Å². The standard InChI is InChI=1S/C13H12Cl2N2O/c1-8-3-4-9(14)11(10(8)15)17-12(18)13(7-16)5-2-6-13/h3-4H,2,5-6H2,1H3,(H,17,18). The fourth-order valence-corrected chi connectivity index (χ4v) is 2.39. The van der Waals surface area contributed by atoms with Crippen molar-refractivity contribution in [3.8, 4) is 6.07 Å². The molecule has 1 aliphatic carbocycles. The topological polar surface area (TPSA) is 52.9 Å². The van der Waals surface area contributed by atoms with Crippen LogP contribution in [-0.2, 0) is 4.79 Å². The van der Waals surface area contributed by atoms with Crippen LogP contribution in [0.1, 0.15) is 24.8 Å². The van der Waals surface area contributed by atoms with Crippen LogP contribution in [0.2, 0.25) is 10.0 Å². The Bertz CT molecular complexity index is 545. The van der Waals surface area contributed by atoms with E-state index in [0.29, 0.717) is 28.6 Å². The Kier molecular flexibility index (Phi) is 3.52. The number of hydrogen-bond acceptors (Lipinski definition) is 2. The van der Waals surface area contributed by atoms with Crippen molar-refractivity contribution >= 4 is 34.8 Å². The van der Waals surface area contributed by atoms with Crippen LogP contribution in [0.4, 0.5) is 5.69 Å². The van der Waals surface area contributed by atoms with E-state index in [4.69, 9.17) is 28.5 Å². The molecule has 0 unspecified atom stereocenters. The second kappa shape index (κ2) is 4.79. The lowest BCUT2D eigenvalue weighted by Gasteiger charge is -2.33. The highest BCUT2D eigenvalue weighted by molar-refractivity contribution is 6.40. The smallest absolute Gasteiger partial charge is 0.244 e. The molecule has 18 heavy (non-hydrogen) atoms. The van der Waals surface area contributed by atoms with Crippen molar-refractivity contribution in [2.24, 2.45) is 5.41 Å². The van der Waals surface area contributed by atoms with Crippen molar-refractivity contribution in [2.75, 3.05) is 5.32 Å². The normalized spacial score (nSPS) is 16.6. The molecule has 0 saturated heterocycles. The number of nitrogens with one attached hydrogen (secondary N) is 1. The zero-order valence-electron chi connectivity index (χ0n) is 9.89. The number of carbonyl (C=O) groups excluding carboxylic acids is 1. The van der Waals surface area contributed by atoms with Gasteiger partial charge in [-0.2, -0.15) is 5.26 Å². The van der Waals surface area contributed by atoms with E-state index >= 15 is 0 Å². The molecule has 0 atom stereocenters. The quantitative estimate of drug-likeness (QED) is 0.893. The summed E-state index contributed by atoms with van der Waals surface area (Å²) in [5.41, 5.74) is 0.317. The molecule has 1 aromatic rings. The maximum Gasteiger partial charge on any atom is 0.244 e. The summed E-state index contributed by atoms with van der Waals surface area (Å²) in [7, 11) is 0. The first kappa shape index (κ1) is 13.2. The van der Waals surface area contributed by atoms with Gasteiger partial charge in [-0.1, -0.05) is 29.3 Å². The number of anilines is 1. The van der Waals surface area contributed by atoms with E-state index in [9.17, 15) is 4.79 Å². The van der Waals surface area contributed by atoms with Crippen LogP contribution < -0.4 is 5.32 Å².